The Morgan fingerprint density at radius 3 is 0.873 bits per heavy atom. The largest absolute Gasteiger partial charge is 0.256 e. The highest BCUT2D eigenvalue weighted by molar-refractivity contribution is 4.84. The lowest BCUT2D eigenvalue weighted by Gasteiger charge is -2.07. The molecule has 0 amide bonds. The first-order valence-corrected chi connectivity index (χ1v) is 26.4. The van der Waals surface area contributed by atoms with Crippen LogP contribution in [0.4, 0.5) is 0 Å². The number of hydrogen-bond acceptors (Lipinski definition) is 0. The van der Waals surface area contributed by atoms with Crippen LogP contribution >= 0.6 is 0 Å². The minimum absolute atomic E-state index is 1.23. The molecule has 0 radical (unpaired) electrons. The van der Waals surface area contributed by atoms with Crippen molar-refractivity contribution in [1.29, 1.82) is 0 Å². The summed E-state index contributed by atoms with van der Waals surface area (Å²) in [6, 6.07) is 0. The second kappa shape index (κ2) is 44.3. The average molecular weight is 770 g/mol. The van der Waals surface area contributed by atoms with E-state index >= 15 is 0 Å². The van der Waals surface area contributed by atoms with Gasteiger partial charge in [-0.05, 0) is 32.1 Å². The van der Waals surface area contributed by atoms with E-state index in [1.54, 1.807) is 5.82 Å². The third-order valence-electron chi connectivity index (χ3n) is 12.8. The molecule has 0 aromatic carbocycles. The molecule has 1 heterocycles. The smallest absolute Gasteiger partial charge is 0.234 e. The van der Waals surface area contributed by atoms with Crippen molar-refractivity contribution in [1.82, 2.24) is 4.57 Å². The van der Waals surface area contributed by atoms with Crippen LogP contribution in [0.5, 0.6) is 0 Å². The zero-order valence-electron chi connectivity index (χ0n) is 38.8. The van der Waals surface area contributed by atoms with Gasteiger partial charge in [0.15, 0.2) is 0 Å². The van der Waals surface area contributed by atoms with Gasteiger partial charge in [0.25, 0.3) is 5.82 Å². The van der Waals surface area contributed by atoms with Gasteiger partial charge in [-0.1, -0.05) is 271 Å². The quantitative estimate of drug-likeness (QED) is 0.0461. The van der Waals surface area contributed by atoms with Crippen molar-refractivity contribution in [2.24, 2.45) is 0 Å². The van der Waals surface area contributed by atoms with E-state index in [9.17, 15) is 0 Å². The molecule has 0 aliphatic rings. The van der Waals surface area contributed by atoms with E-state index in [1.165, 1.54) is 302 Å². The van der Waals surface area contributed by atoms with E-state index in [4.69, 9.17) is 0 Å². The topological polar surface area (TPSA) is 8.81 Å². The van der Waals surface area contributed by atoms with Gasteiger partial charge in [-0.15, -0.1) is 0 Å². The predicted octanol–water partition coefficient (Wildman–Crippen LogP) is 18.5. The van der Waals surface area contributed by atoms with Gasteiger partial charge < -0.3 is 0 Å². The molecule has 0 bridgehead atoms. The van der Waals surface area contributed by atoms with Gasteiger partial charge in [-0.2, -0.15) is 0 Å². The molecule has 1 aromatic heterocycles. The van der Waals surface area contributed by atoms with Gasteiger partial charge in [-0.25, -0.2) is 9.13 Å². The maximum Gasteiger partial charge on any atom is 0.256 e. The van der Waals surface area contributed by atoms with Crippen molar-refractivity contribution >= 4 is 0 Å². The third kappa shape index (κ3) is 36.1. The van der Waals surface area contributed by atoms with Crippen LogP contribution in [-0.2, 0) is 19.5 Å². The van der Waals surface area contributed by atoms with Crippen LogP contribution in [0.3, 0.4) is 0 Å². The van der Waals surface area contributed by atoms with Gasteiger partial charge >= 0.3 is 0 Å². The minimum atomic E-state index is 1.23. The Balaban J connectivity index is 2.24. The molecule has 0 fully saturated rings. The van der Waals surface area contributed by atoms with Crippen LogP contribution in [-0.4, -0.2) is 4.57 Å². The molecule has 1 aromatic rings. The van der Waals surface area contributed by atoms with Crippen LogP contribution in [0.15, 0.2) is 12.4 Å². The normalized spacial score (nSPS) is 11.7. The van der Waals surface area contributed by atoms with E-state index in [0.29, 0.717) is 0 Å². The molecule has 0 unspecified atom stereocenters. The first-order chi connectivity index (χ1) is 27.3. The summed E-state index contributed by atoms with van der Waals surface area (Å²) in [6.45, 7) is 9.42. The maximum atomic E-state index is 2.66. The van der Waals surface area contributed by atoms with E-state index < -0.39 is 0 Å². The van der Waals surface area contributed by atoms with Crippen LogP contribution in [0.25, 0.3) is 0 Å². The molecule has 55 heavy (non-hydrogen) atoms. The molecule has 0 spiro atoms. The summed E-state index contributed by atoms with van der Waals surface area (Å²) in [5.41, 5.74) is 0. The zero-order chi connectivity index (χ0) is 39.4. The predicted molar refractivity (Wildman–Crippen MR) is 249 cm³/mol. The highest BCUT2D eigenvalue weighted by Gasteiger charge is 2.16. The number of unbranched alkanes of at least 4 members (excludes halogenated alkanes) is 41. The molecule has 2 nitrogen and oxygen atoms in total. The monoisotopic (exact) mass is 770 g/mol. The minimum Gasteiger partial charge on any atom is -0.234 e. The molecule has 0 saturated heterocycles. The second-order valence-corrected chi connectivity index (χ2v) is 18.3. The van der Waals surface area contributed by atoms with Crippen LogP contribution < -0.4 is 4.57 Å². The lowest BCUT2D eigenvalue weighted by molar-refractivity contribution is -0.704. The second-order valence-electron chi connectivity index (χ2n) is 18.3. The number of aromatic nitrogens is 2. The molecule has 326 valence electrons. The molecule has 1 rings (SSSR count). The Kier molecular flexibility index (Phi) is 42.1. The van der Waals surface area contributed by atoms with E-state index in [0.717, 1.165) is 0 Å². The summed E-state index contributed by atoms with van der Waals surface area (Å²) in [6.07, 6.45) is 69.8. The fourth-order valence-electron chi connectivity index (χ4n) is 8.98. The molecule has 0 atom stereocenters. The number of nitrogens with zero attached hydrogens (tertiary/aromatic N) is 2. The summed E-state index contributed by atoms with van der Waals surface area (Å²) in [7, 11) is 0. The summed E-state index contributed by atoms with van der Waals surface area (Å²) in [5, 5.41) is 0. The van der Waals surface area contributed by atoms with E-state index in [2.05, 4.69) is 42.3 Å². The van der Waals surface area contributed by atoms with Gasteiger partial charge in [0.2, 0.25) is 0 Å². The van der Waals surface area contributed by atoms with E-state index in [-0.39, 0.29) is 0 Å². The lowest BCUT2D eigenvalue weighted by Crippen LogP contribution is -2.37. The van der Waals surface area contributed by atoms with Gasteiger partial charge in [0.05, 0.1) is 13.1 Å². The average Bonchev–Trinajstić information content (AvgIpc) is 3.58. The Bertz CT molecular complexity index is 841. The van der Waals surface area contributed by atoms with Crippen molar-refractivity contribution in [3.05, 3.63) is 18.2 Å². The van der Waals surface area contributed by atoms with Gasteiger partial charge in [0.1, 0.15) is 12.4 Å². The fourth-order valence-corrected chi connectivity index (χ4v) is 8.98. The summed E-state index contributed by atoms with van der Waals surface area (Å²) < 4.78 is 5.32. The van der Waals surface area contributed by atoms with Gasteiger partial charge in [0, 0.05) is 6.42 Å². The summed E-state index contributed by atoms with van der Waals surface area (Å²) in [4.78, 5) is 0. The Hall–Kier alpha value is -0.790. The molecule has 0 saturated carbocycles. The maximum absolute atomic E-state index is 2.66. The third-order valence-corrected chi connectivity index (χ3v) is 12.8. The first kappa shape index (κ1) is 52.2. The summed E-state index contributed by atoms with van der Waals surface area (Å²) >= 11 is 0. The number of rotatable bonds is 47. The number of imidazole rings is 1. The highest BCUT2D eigenvalue weighted by atomic mass is 15.1. The molecular formula is C53H105N2+. The van der Waals surface area contributed by atoms with E-state index in [1.807, 2.05) is 0 Å². The molecular weight excluding hydrogens is 665 g/mol. The van der Waals surface area contributed by atoms with Crippen molar-refractivity contribution in [2.75, 3.05) is 0 Å². The Morgan fingerprint density at radius 2 is 0.564 bits per heavy atom. The molecule has 0 N–H and O–H groups in total. The Labute approximate surface area is 349 Å². The molecule has 0 aliphatic heterocycles. The van der Waals surface area contributed by atoms with Crippen molar-refractivity contribution < 1.29 is 4.57 Å². The van der Waals surface area contributed by atoms with Crippen LogP contribution in [0.1, 0.15) is 309 Å². The SMILES string of the molecule is CCCCCCCCCCCCCCCCCCCn1cc[n+](CCCCCCCCCCCCCCC)c1CCCCCCCCCCCCCCCC. The van der Waals surface area contributed by atoms with Crippen molar-refractivity contribution in [3.8, 4) is 0 Å². The van der Waals surface area contributed by atoms with Gasteiger partial charge in [-0.3, -0.25) is 0 Å². The number of hydrogen-bond donors (Lipinski definition) is 0. The highest BCUT2D eigenvalue weighted by Crippen LogP contribution is 2.17. The fraction of sp³-hybridized carbons (Fsp3) is 0.943. The van der Waals surface area contributed by atoms with Crippen molar-refractivity contribution in [2.45, 2.75) is 323 Å². The lowest BCUT2D eigenvalue weighted by atomic mass is 10.0. The van der Waals surface area contributed by atoms with Crippen molar-refractivity contribution in [3.63, 3.8) is 0 Å². The van der Waals surface area contributed by atoms with Crippen LogP contribution in [0, 0.1) is 0 Å². The molecule has 0 aliphatic carbocycles. The first-order valence-electron chi connectivity index (χ1n) is 26.4. The standard InChI is InChI=1S/C53H105N2/c1-4-7-10-13-16-19-22-25-27-28-29-32-35-38-41-44-47-50-55-52-51-54(49-46-43-40-37-34-31-24-21-18-15-12-9-6-3)53(55)48-45-42-39-36-33-30-26-23-20-17-14-11-8-5-2/h51-52H,4-50H2,1-3H3/q+1. The molecule has 2 heteroatoms. The summed E-state index contributed by atoms with van der Waals surface area (Å²) in [5.74, 6) is 1.63. The van der Waals surface area contributed by atoms with Crippen LogP contribution in [0.2, 0.25) is 0 Å². The Morgan fingerprint density at radius 1 is 0.309 bits per heavy atom. The zero-order valence-corrected chi connectivity index (χ0v) is 38.8. The number of aryl methyl sites for hydroxylation is 2.